The van der Waals surface area contributed by atoms with E-state index in [4.69, 9.17) is 4.42 Å². The van der Waals surface area contributed by atoms with Gasteiger partial charge < -0.3 is 14.6 Å². The van der Waals surface area contributed by atoms with Crippen LogP contribution >= 0.6 is 0 Å². The summed E-state index contributed by atoms with van der Waals surface area (Å²) in [6, 6.07) is 3.70. The highest BCUT2D eigenvalue weighted by Crippen LogP contribution is 2.19. The minimum Gasteiger partial charge on any atom is -0.419 e. The van der Waals surface area contributed by atoms with Gasteiger partial charge in [0.15, 0.2) is 0 Å². The zero-order valence-corrected chi connectivity index (χ0v) is 13.9. The van der Waals surface area contributed by atoms with Gasteiger partial charge in [0, 0.05) is 31.4 Å². The van der Waals surface area contributed by atoms with E-state index in [9.17, 15) is 9.59 Å². The van der Waals surface area contributed by atoms with Gasteiger partial charge in [-0.15, -0.1) is 16.8 Å². The predicted molar refractivity (Wildman–Crippen MR) is 89.0 cm³/mol. The van der Waals surface area contributed by atoms with Crippen molar-refractivity contribution < 1.29 is 14.0 Å². The molecule has 2 amide bonds. The van der Waals surface area contributed by atoms with Gasteiger partial charge in [-0.25, -0.2) is 0 Å². The number of aryl methyl sites for hydroxylation is 1. The molecule has 1 saturated heterocycles. The van der Waals surface area contributed by atoms with Gasteiger partial charge in [-0.3, -0.25) is 14.6 Å². The molecule has 0 bridgehead atoms. The summed E-state index contributed by atoms with van der Waals surface area (Å²) in [5, 5.41) is 10.6. The van der Waals surface area contributed by atoms with Crippen LogP contribution < -0.4 is 5.32 Å². The third kappa shape index (κ3) is 3.90. The number of aromatic nitrogens is 3. The number of pyridine rings is 1. The van der Waals surface area contributed by atoms with E-state index in [1.807, 2.05) is 19.1 Å². The molecule has 1 aliphatic heterocycles. The molecule has 3 rings (SSSR count). The summed E-state index contributed by atoms with van der Waals surface area (Å²) < 4.78 is 5.54. The second-order valence-electron chi connectivity index (χ2n) is 5.90. The maximum Gasteiger partial charge on any atom is 0.249 e. The fourth-order valence-corrected chi connectivity index (χ4v) is 2.62. The lowest BCUT2D eigenvalue weighted by Gasteiger charge is -2.13. The molecule has 130 valence electrons. The van der Waals surface area contributed by atoms with Crippen LogP contribution in [0.3, 0.4) is 0 Å². The van der Waals surface area contributed by atoms with Crippen molar-refractivity contribution in [3.8, 4) is 11.5 Å². The molecule has 0 radical (unpaired) electrons. The largest absolute Gasteiger partial charge is 0.419 e. The number of amides is 2. The molecule has 0 spiro atoms. The quantitative estimate of drug-likeness (QED) is 0.789. The van der Waals surface area contributed by atoms with Crippen LogP contribution in [0.4, 0.5) is 0 Å². The Labute approximate surface area is 144 Å². The normalized spacial score (nSPS) is 16.9. The third-order valence-corrected chi connectivity index (χ3v) is 3.97. The SMILES string of the molecule is C=CCN1C[C@H](C(=O)NCc2nnc(-c3ccc(C)nc3)o2)CC1=O. The Kier molecular flexibility index (Phi) is 4.87. The summed E-state index contributed by atoms with van der Waals surface area (Å²) in [5.41, 5.74) is 1.62. The van der Waals surface area contributed by atoms with Crippen molar-refractivity contribution in [3.63, 3.8) is 0 Å². The van der Waals surface area contributed by atoms with Gasteiger partial charge in [0.1, 0.15) is 0 Å². The minimum atomic E-state index is -0.365. The van der Waals surface area contributed by atoms with Gasteiger partial charge in [0.25, 0.3) is 0 Å². The third-order valence-electron chi connectivity index (χ3n) is 3.97. The van der Waals surface area contributed by atoms with Crippen LogP contribution in [0.15, 0.2) is 35.4 Å². The molecule has 1 atom stereocenters. The number of hydrogen-bond acceptors (Lipinski definition) is 6. The van der Waals surface area contributed by atoms with E-state index in [0.717, 1.165) is 11.3 Å². The highest BCUT2D eigenvalue weighted by molar-refractivity contribution is 5.89. The molecule has 0 aromatic carbocycles. The topological polar surface area (TPSA) is 101 Å². The second-order valence-corrected chi connectivity index (χ2v) is 5.90. The minimum absolute atomic E-state index is 0.0352. The molecule has 3 heterocycles. The Hall–Kier alpha value is -3.03. The fourth-order valence-electron chi connectivity index (χ4n) is 2.62. The molecule has 8 heteroatoms. The molecule has 2 aromatic rings. The Morgan fingerprint density at radius 1 is 1.48 bits per heavy atom. The number of carbonyl (C=O) groups excluding carboxylic acids is 2. The molecule has 8 nitrogen and oxygen atoms in total. The van der Waals surface area contributed by atoms with Crippen molar-refractivity contribution in [1.82, 2.24) is 25.4 Å². The molecular weight excluding hydrogens is 322 g/mol. The van der Waals surface area contributed by atoms with Crippen LogP contribution in [0.25, 0.3) is 11.5 Å². The van der Waals surface area contributed by atoms with Gasteiger partial charge in [0.05, 0.1) is 18.0 Å². The van der Waals surface area contributed by atoms with E-state index in [2.05, 4.69) is 27.1 Å². The van der Waals surface area contributed by atoms with Crippen LogP contribution in [-0.2, 0) is 16.1 Å². The molecule has 1 fully saturated rings. The Bertz CT molecular complexity index is 784. The molecule has 2 aromatic heterocycles. The van der Waals surface area contributed by atoms with E-state index in [0.29, 0.717) is 24.9 Å². The van der Waals surface area contributed by atoms with E-state index in [1.54, 1.807) is 17.2 Å². The Morgan fingerprint density at radius 2 is 2.32 bits per heavy atom. The highest BCUT2D eigenvalue weighted by atomic mass is 16.4. The average Bonchev–Trinajstić information content (AvgIpc) is 3.21. The molecule has 0 aliphatic carbocycles. The number of carbonyl (C=O) groups is 2. The predicted octanol–water partition coefficient (Wildman–Crippen LogP) is 1.09. The highest BCUT2D eigenvalue weighted by Gasteiger charge is 2.33. The smallest absolute Gasteiger partial charge is 0.249 e. The summed E-state index contributed by atoms with van der Waals surface area (Å²) in [7, 11) is 0. The first-order chi connectivity index (χ1) is 12.1. The first-order valence-electron chi connectivity index (χ1n) is 7.98. The number of likely N-dealkylation sites (tertiary alicyclic amines) is 1. The van der Waals surface area contributed by atoms with Crippen molar-refractivity contribution in [3.05, 3.63) is 42.6 Å². The molecule has 1 N–H and O–H groups in total. The number of nitrogens with one attached hydrogen (secondary N) is 1. The first kappa shape index (κ1) is 16.8. The fraction of sp³-hybridized carbons (Fsp3) is 0.353. The molecule has 1 aliphatic rings. The van der Waals surface area contributed by atoms with Crippen LogP contribution in [0, 0.1) is 12.8 Å². The van der Waals surface area contributed by atoms with Crippen LogP contribution in [0.1, 0.15) is 18.0 Å². The van der Waals surface area contributed by atoms with Crippen molar-refractivity contribution in [2.24, 2.45) is 5.92 Å². The number of nitrogens with zero attached hydrogens (tertiary/aromatic N) is 4. The first-order valence-corrected chi connectivity index (χ1v) is 7.98. The summed E-state index contributed by atoms with van der Waals surface area (Å²) in [6.45, 7) is 6.49. The zero-order chi connectivity index (χ0) is 17.8. The van der Waals surface area contributed by atoms with Crippen molar-refractivity contribution in [2.75, 3.05) is 13.1 Å². The molecule has 0 saturated carbocycles. The molecular formula is C17H19N5O3. The Morgan fingerprint density at radius 3 is 3.04 bits per heavy atom. The van der Waals surface area contributed by atoms with Crippen LogP contribution in [0.2, 0.25) is 0 Å². The number of rotatable bonds is 6. The maximum atomic E-state index is 12.2. The molecule has 0 unspecified atom stereocenters. The lowest BCUT2D eigenvalue weighted by Crippen LogP contribution is -2.32. The Balaban J connectivity index is 1.55. The maximum absolute atomic E-state index is 12.2. The average molecular weight is 341 g/mol. The van der Waals surface area contributed by atoms with E-state index < -0.39 is 0 Å². The van der Waals surface area contributed by atoms with Gasteiger partial charge in [0.2, 0.25) is 23.6 Å². The number of hydrogen-bond donors (Lipinski definition) is 1. The summed E-state index contributed by atoms with van der Waals surface area (Å²) in [5.74, 6) is 0.0564. The lowest BCUT2D eigenvalue weighted by molar-refractivity contribution is -0.128. The second kappa shape index (κ2) is 7.25. The van der Waals surface area contributed by atoms with Crippen LogP contribution in [-0.4, -0.2) is 45.0 Å². The van der Waals surface area contributed by atoms with Crippen molar-refractivity contribution in [2.45, 2.75) is 19.9 Å². The molecule has 25 heavy (non-hydrogen) atoms. The van der Waals surface area contributed by atoms with Gasteiger partial charge in [-0.05, 0) is 19.1 Å². The summed E-state index contributed by atoms with van der Waals surface area (Å²) in [4.78, 5) is 29.8. The van der Waals surface area contributed by atoms with Crippen molar-refractivity contribution in [1.29, 1.82) is 0 Å². The van der Waals surface area contributed by atoms with E-state index >= 15 is 0 Å². The van der Waals surface area contributed by atoms with Gasteiger partial charge in [-0.2, -0.15) is 0 Å². The van der Waals surface area contributed by atoms with Crippen LogP contribution in [0.5, 0.6) is 0 Å². The van der Waals surface area contributed by atoms with Gasteiger partial charge >= 0.3 is 0 Å². The van der Waals surface area contributed by atoms with E-state index in [1.165, 1.54) is 0 Å². The summed E-state index contributed by atoms with van der Waals surface area (Å²) >= 11 is 0. The lowest BCUT2D eigenvalue weighted by atomic mass is 10.1. The zero-order valence-electron chi connectivity index (χ0n) is 13.9. The monoisotopic (exact) mass is 341 g/mol. The van der Waals surface area contributed by atoms with E-state index in [-0.39, 0.29) is 30.7 Å². The summed E-state index contributed by atoms with van der Waals surface area (Å²) in [6.07, 6.45) is 3.52. The van der Waals surface area contributed by atoms with Gasteiger partial charge in [-0.1, -0.05) is 6.08 Å². The van der Waals surface area contributed by atoms with Crippen molar-refractivity contribution >= 4 is 11.8 Å². The standard InChI is InChI=1S/C17H19N5O3/c1-3-6-22-10-13(7-15(22)23)16(24)19-9-14-20-21-17(25-14)12-5-4-11(2)18-8-12/h3-5,8,13H,1,6-7,9-10H2,2H3,(H,19,24)/t13-/m1/s1.